The quantitative estimate of drug-likeness (QED) is 0.818. The molecule has 1 aromatic rings. The third kappa shape index (κ3) is 4.84. The first kappa shape index (κ1) is 15.3. The molecule has 0 aliphatic carbocycles. The van der Waals surface area contributed by atoms with Crippen LogP contribution in [0.5, 0.6) is 0 Å². The number of benzene rings is 1. The Morgan fingerprint density at radius 2 is 2.22 bits per heavy atom. The van der Waals surface area contributed by atoms with Gasteiger partial charge in [-0.05, 0) is 31.0 Å². The summed E-state index contributed by atoms with van der Waals surface area (Å²) in [5, 5.41) is 3.31. The summed E-state index contributed by atoms with van der Waals surface area (Å²) in [5.41, 5.74) is 1.51. The number of methoxy groups -OCH3 is 1. The molecule has 1 rings (SSSR count). The zero-order valence-electron chi connectivity index (χ0n) is 10.5. The van der Waals surface area contributed by atoms with Crippen molar-refractivity contribution in [2.75, 3.05) is 20.3 Å². The second-order valence-corrected chi connectivity index (χ2v) is 5.09. The van der Waals surface area contributed by atoms with E-state index in [9.17, 15) is 4.79 Å². The maximum Gasteiger partial charge on any atom is 0.251 e. The number of hydrogen-bond donors (Lipinski definition) is 1. The van der Waals surface area contributed by atoms with Crippen LogP contribution in [0, 0.1) is 6.92 Å². The smallest absolute Gasteiger partial charge is 0.251 e. The van der Waals surface area contributed by atoms with Crippen LogP contribution in [-0.4, -0.2) is 31.5 Å². The van der Waals surface area contributed by atoms with Crippen molar-refractivity contribution >= 4 is 29.1 Å². The predicted octanol–water partition coefficient (Wildman–Crippen LogP) is 3.02. The van der Waals surface area contributed by atoms with Gasteiger partial charge < -0.3 is 10.1 Å². The molecule has 3 nitrogen and oxygen atoms in total. The molecule has 0 aromatic heterocycles. The number of aryl methyl sites for hydroxylation is 1. The molecule has 1 aromatic carbocycles. The number of carbonyl (C=O) groups excluding carboxylic acids is 1. The largest absolute Gasteiger partial charge is 0.383 e. The third-order valence-electron chi connectivity index (χ3n) is 2.52. The van der Waals surface area contributed by atoms with E-state index in [0.29, 0.717) is 30.2 Å². The molecular formula is C13H17Cl2NO2. The van der Waals surface area contributed by atoms with Gasteiger partial charge in [-0.15, -0.1) is 11.6 Å². The summed E-state index contributed by atoms with van der Waals surface area (Å²) >= 11 is 11.9. The van der Waals surface area contributed by atoms with E-state index >= 15 is 0 Å². The highest BCUT2D eigenvalue weighted by molar-refractivity contribution is 6.31. The summed E-state index contributed by atoms with van der Waals surface area (Å²) in [7, 11) is 1.60. The second-order valence-electron chi connectivity index (χ2n) is 4.06. The van der Waals surface area contributed by atoms with E-state index in [-0.39, 0.29) is 11.3 Å². The Hall–Kier alpha value is -0.770. The van der Waals surface area contributed by atoms with Crippen LogP contribution in [0.2, 0.25) is 5.02 Å². The van der Waals surface area contributed by atoms with Gasteiger partial charge >= 0.3 is 0 Å². The minimum Gasteiger partial charge on any atom is -0.383 e. The minimum atomic E-state index is -0.141. The lowest BCUT2D eigenvalue weighted by molar-refractivity contribution is 0.0951. The molecule has 0 saturated carbocycles. The summed E-state index contributed by atoms with van der Waals surface area (Å²) in [5.74, 6) is -0.141. The Morgan fingerprint density at radius 1 is 1.50 bits per heavy atom. The Morgan fingerprint density at radius 3 is 2.83 bits per heavy atom. The molecule has 0 heterocycles. The van der Waals surface area contributed by atoms with Crippen molar-refractivity contribution in [2.24, 2.45) is 0 Å². The average Bonchev–Trinajstić information content (AvgIpc) is 2.33. The standard InChI is InChI=1S/C13H17Cl2NO2/c1-9-3-4-10(7-12(9)15)13(17)16-6-5-11(14)8-18-2/h3-4,7,11H,5-6,8H2,1-2H3,(H,16,17). The Bertz CT molecular complexity index is 410. The number of amides is 1. The van der Waals surface area contributed by atoms with Crippen molar-refractivity contribution in [3.05, 3.63) is 34.3 Å². The van der Waals surface area contributed by atoms with Crippen molar-refractivity contribution in [3.8, 4) is 0 Å². The first-order valence-electron chi connectivity index (χ1n) is 5.72. The molecule has 0 radical (unpaired) electrons. The second kappa shape index (κ2) is 7.62. The highest BCUT2D eigenvalue weighted by Gasteiger charge is 2.08. The van der Waals surface area contributed by atoms with Gasteiger partial charge in [-0.1, -0.05) is 17.7 Å². The van der Waals surface area contributed by atoms with E-state index in [4.69, 9.17) is 27.9 Å². The first-order chi connectivity index (χ1) is 8.54. The van der Waals surface area contributed by atoms with E-state index < -0.39 is 0 Å². The summed E-state index contributed by atoms with van der Waals surface area (Å²) in [6.45, 7) is 2.89. The van der Waals surface area contributed by atoms with Gasteiger partial charge in [0.25, 0.3) is 5.91 Å². The van der Waals surface area contributed by atoms with Crippen LogP contribution in [0.15, 0.2) is 18.2 Å². The van der Waals surface area contributed by atoms with Crippen molar-refractivity contribution in [3.63, 3.8) is 0 Å². The summed E-state index contributed by atoms with van der Waals surface area (Å²) in [6.07, 6.45) is 0.667. The zero-order chi connectivity index (χ0) is 13.5. The van der Waals surface area contributed by atoms with Crippen molar-refractivity contribution < 1.29 is 9.53 Å². The molecule has 1 amide bonds. The number of rotatable bonds is 6. The topological polar surface area (TPSA) is 38.3 Å². The van der Waals surface area contributed by atoms with Gasteiger partial charge in [0.15, 0.2) is 0 Å². The van der Waals surface area contributed by atoms with Crippen LogP contribution in [0.1, 0.15) is 22.3 Å². The molecule has 1 unspecified atom stereocenters. The van der Waals surface area contributed by atoms with Gasteiger partial charge in [-0.3, -0.25) is 4.79 Å². The lowest BCUT2D eigenvalue weighted by Gasteiger charge is -2.09. The fraction of sp³-hybridized carbons (Fsp3) is 0.462. The van der Waals surface area contributed by atoms with Crippen LogP contribution < -0.4 is 5.32 Å². The monoisotopic (exact) mass is 289 g/mol. The number of ether oxygens (including phenoxy) is 1. The first-order valence-corrected chi connectivity index (χ1v) is 6.53. The maximum absolute atomic E-state index is 11.8. The van der Waals surface area contributed by atoms with Crippen molar-refractivity contribution in [1.82, 2.24) is 5.32 Å². The van der Waals surface area contributed by atoms with Crippen LogP contribution >= 0.6 is 23.2 Å². The van der Waals surface area contributed by atoms with Crippen LogP contribution in [0.3, 0.4) is 0 Å². The lowest BCUT2D eigenvalue weighted by atomic mass is 10.1. The van der Waals surface area contributed by atoms with Crippen molar-refractivity contribution in [1.29, 1.82) is 0 Å². The van der Waals surface area contributed by atoms with Crippen molar-refractivity contribution in [2.45, 2.75) is 18.7 Å². The number of alkyl halides is 1. The Balaban J connectivity index is 2.43. The average molecular weight is 290 g/mol. The molecule has 0 aliphatic rings. The molecule has 0 spiro atoms. The number of hydrogen-bond acceptors (Lipinski definition) is 2. The molecule has 0 aliphatic heterocycles. The summed E-state index contributed by atoms with van der Waals surface area (Å²) in [4.78, 5) is 11.8. The van der Waals surface area contributed by atoms with Crippen LogP contribution in [0.4, 0.5) is 0 Å². The SMILES string of the molecule is COCC(Cl)CCNC(=O)c1ccc(C)c(Cl)c1. The molecule has 0 saturated heterocycles. The zero-order valence-corrected chi connectivity index (χ0v) is 12.0. The molecule has 100 valence electrons. The Labute approximate surface area is 117 Å². The fourth-order valence-electron chi connectivity index (χ4n) is 1.44. The van der Waals surface area contributed by atoms with E-state index in [1.807, 2.05) is 13.0 Å². The van der Waals surface area contributed by atoms with Gasteiger partial charge in [-0.25, -0.2) is 0 Å². The van der Waals surface area contributed by atoms with E-state index in [2.05, 4.69) is 5.32 Å². The molecule has 18 heavy (non-hydrogen) atoms. The summed E-state index contributed by atoms with van der Waals surface area (Å²) in [6, 6.07) is 5.25. The normalized spacial score (nSPS) is 12.2. The molecule has 0 fully saturated rings. The lowest BCUT2D eigenvalue weighted by Crippen LogP contribution is -2.27. The third-order valence-corrected chi connectivity index (χ3v) is 3.28. The maximum atomic E-state index is 11.8. The molecule has 0 bridgehead atoms. The number of carbonyl (C=O) groups is 1. The van der Waals surface area contributed by atoms with E-state index in [1.165, 1.54) is 0 Å². The van der Waals surface area contributed by atoms with Gasteiger partial charge in [0.2, 0.25) is 0 Å². The highest BCUT2D eigenvalue weighted by atomic mass is 35.5. The minimum absolute atomic E-state index is 0.0862. The molecule has 1 atom stereocenters. The molecule has 5 heteroatoms. The van der Waals surface area contributed by atoms with Gasteiger partial charge in [0.1, 0.15) is 0 Å². The fourth-order valence-corrected chi connectivity index (χ4v) is 1.86. The number of halogens is 2. The Kier molecular flexibility index (Phi) is 6.47. The van der Waals surface area contributed by atoms with Gasteiger partial charge in [0, 0.05) is 24.2 Å². The summed E-state index contributed by atoms with van der Waals surface area (Å²) < 4.78 is 4.91. The predicted molar refractivity (Wildman–Crippen MR) is 74.7 cm³/mol. The van der Waals surface area contributed by atoms with Gasteiger partial charge in [0.05, 0.1) is 12.0 Å². The van der Waals surface area contributed by atoms with Crippen LogP contribution in [0.25, 0.3) is 0 Å². The number of nitrogens with one attached hydrogen (secondary N) is 1. The molecule has 1 N–H and O–H groups in total. The van der Waals surface area contributed by atoms with E-state index in [0.717, 1.165) is 5.56 Å². The van der Waals surface area contributed by atoms with Gasteiger partial charge in [-0.2, -0.15) is 0 Å². The highest BCUT2D eigenvalue weighted by Crippen LogP contribution is 2.16. The van der Waals surface area contributed by atoms with Crippen LogP contribution in [-0.2, 0) is 4.74 Å². The van der Waals surface area contributed by atoms with E-state index in [1.54, 1.807) is 19.2 Å². The molecular weight excluding hydrogens is 273 g/mol.